The lowest BCUT2D eigenvalue weighted by molar-refractivity contribution is 0.674. The number of unbranched alkanes of at least 4 members (excludes halogenated alkanes) is 2. The van der Waals surface area contributed by atoms with Crippen molar-refractivity contribution in [2.75, 3.05) is 23.7 Å². The van der Waals surface area contributed by atoms with Crippen LogP contribution in [0.1, 0.15) is 52.4 Å². The van der Waals surface area contributed by atoms with Gasteiger partial charge in [-0.3, -0.25) is 4.79 Å². The van der Waals surface area contributed by atoms with Gasteiger partial charge in [0.05, 0.1) is 17.6 Å². The third-order valence-electron chi connectivity index (χ3n) is 4.12. The molecule has 126 valence electrons. The Labute approximate surface area is 138 Å². The van der Waals surface area contributed by atoms with E-state index in [-0.39, 0.29) is 5.56 Å². The van der Waals surface area contributed by atoms with Crippen molar-refractivity contribution in [3.8, 4) is 0 Å². The molecular formula is C18H28N4O. The maximum atomic E-state index is 12.6. The summed E-state index contributed by atoms with van der Waals surface area (Å²) in [6, 6.07) is 0. The van der Waals surface area contributed by atoms with Crippen molar-refractivity contribution >= 4 is 17.1 Å². The van der Waals surface area contributed by atoms with E-state index in [1.807, 2.05) is 12.2 Å². The van der Waals surface area contributed by atoms with E-state index in [9.17, 15) is 4.79 Å². The lowest BCUT2D eigenvalue weighted by Crippen LogP contribution is -2.32. The van der Waals surface area contributed by atoms with Crippen molar-refractivity contribution in [2.45, 2.75) is 52.4 Å². The lowest BCUT2D eigenvalue weighted by Gasteiger charge is -2.25. The Kier molecular flexibility index (Phi) is 6.44. The summed E-state index contributed by atoms with van der Waals surface area (Å²) in [5.74, 6) is 0. The second kappa shape index (κ2) is 8.56. The number of hydrogen-bond donors (Lipinski definition) is 1. The Bertz CT molecular complexity index is 622. The molecule has 0 radical (unpaired) electrons. The van der Waals surface area contributed by atoms with Gasteiger partial charge in [0, 0.05) is 13.1 Å². The Morgan fingerprint density at radius 2 is 1.91 bits per heavy atom. The molecule has 5 heteroatoms. The van der Waals surface area contributed by atoms with E-state index in [1.165, 1.54) is 4.68 Å². The number of nitrogens with two attached hydrogens (primary N) is 1. The minimum Gasteiger partial charge on any atom is -0.392 e. The van der Waals surface area contributed by atoms with E-state index in [4.69, 9.17) is 5.73 Å². The first kappa shape index (κ1) is 17.3. The molecule has 0 bridgehead atoms. The molecule has 0 saturated heterocycles. The highest BCUT2D eigenvalue weighted by molar-refractivity contribution is 5.67. The summed E-state index contributed by atoms with van der Waals surface area (Å²) < 4.78 is 1.41. The number of nitrogens with zero attached hydrogens (tertiary/aromatic N) is 3. The van der Waals surface area contributed by atoms with Crippen LogP contribution in [0, 0.1) is 0 Å². The molecule has 1 heterocycles. The van der Waals surface area contributed by atoms with Crippen LogP contribution in [0.5, 0.6) is 0 Å². The SMILES string of the molecule is CCCCN(CCCC)c1cnn(C2=CCCC=C2)c(=O)c1N. The van der Waals surface area contributed by atoms with Gasteiger partial charge in [-0.1, -0.05) is 38.8 Å². The maximum Gasteiger partial charge on any atom is 0.296 e. The van der Waals surface area contributed by atoms with E-state index in [0.717, 1.165) is 63.0 Å². The number of anilines is 2. The third kappa shape index (κ3) is 4.24. The molecule has 0 fully saturated rings. The molecule has 0 atom stereocenters. The van der Waals surface area contributed by atoms with Crippen LogP contribution in [-0.2, 0) is 0 Å². The van der Waals surface area contributed by atoms with Gasteiger partial charge in [-0.15, -0.1) is 0 Å². The van der Waals surface area contributed by atoms with Gasteiger partial charge in [-0.25, -0.2) is 0 Å². The monoisotopic (exact) mass is 316 g/mol. The standard InChI is InChI=1S/C18H28N4O/c1-3-5-12-21(13-6-4-2)16-14-20-22(18(23)17(16)19)15-10-8-7-9-11-15/h8,10-11,14H,3-7,9,12-13,19H2,1-2H3. The molecule has 0 unspecified atom stereocenters. The van der Waals surface area contributed by atoms with E-state index in [1.54, 1.807) is 6.20 Å². The predicted molar refractivity (Wildman–Crippen MR) is 97.6 cm³/mol. The first-order valence-corrected chi connectivity index (χ1v) is 8.68. The smallest absolute Gasteiger partial charge is 0.296 e. The molecular weight excluding hydrogens is 288 g/mol. The molecule has 2 N–H and O–H groups in total. The van der Waals surface area contributed by atoms with E-state index in [0.29, 0.717) is 5.69 Å². The normalized spacial score (nSPS) is 13.9. The molecule has 1 aliphatic carbocycles. The zero-order chi connectivity index (χ0) is 16.7. The van der Waals surface area contributed by atoms with Crippen LogP contribution in [-0.4, -0.2) is 22.9 Å². The molecule has 0 saturated carbocycles. The molecule has 23 heavy (non-hydrogen) atoms. The van der Waals surface area contributed by atoms with E-state index >= 15 is 0 Å². The van der Waals surface area contributed by atoms with Gasteiger partial charge >= 0.3 is 0 Å². The number of allylic oxidation sites excluding steroid dienone is 4. The van der Waals surface area contributed by atoms with Crippen LogP contribution < -0.4 is 16.2 Å². The largest absolute Gasteiger partial charge is 0.392 e. The summed E-state index contributed by atoms with van der Waals surface area (Å²) in [5, 5.41) is 4.36. The highest BCUT2D eigenvalue weighted by Crippen LogP contribution is 2.21. The summed E-state index contributed by atoms with van der Waals surface area (Å²) in [5.41, 5.74) is 7.83. The molecule has 1 aliphatic rings. The highest BCUT2D eigenvalue weighted by Gasteiger charge is 2.15. The van der Waals surface area contributed by atoms with Crippen molar-refractivity contribution in [3.05, 3.63) is 34.8 Å². The quantitative estimate of drug-likeness (QED) is 0.798. The van der Waals surface area contributed by atoms with Crippen molar-refractivity contribution in [1.29, 1.82) is 0 Å². The summed E-state index contributed by atoms with van der Waals surface area (Å²) in [7, 11) is 0. The Morgan fingerprint density at radius 1 is 1.22 bits per heavy atom. The van der Waals surface area contributed by atoms with Gasteiger partial charge in [-0.2, -0.15) is 9.78 Å². The average molecular weight is 316 g/mol. The predicted octanol–water partition coefficient (Wildman–Crippen LogP) is 3.42. The summed E-state index contributed by atoms with van der Waals surface area (Å²) in [4.78, 5) is 14.8. The molecule has 2 rings (SSSR count). The molecule has 0 aromatic carbocycles. The van der Waals surface area contributed by atoms with Crippen LogP contribution in [0.25, 0.3) is 5.70 Å². The molecule has 0 aliphatic heterocycles. The topological polar surface area (TPSA) is 64.2 Å². The first-order valence-electron chi connectivity index (χ1n) is 8.68. The van der Waals surface area contributed by atoms with Crippen LogP contribution >= 0.6 is 0 Å². The van der Waals surface area contributed by atoms with Crippen LogP contribution in [0.4, 0.5) is 11.4 Å². The van der Waals surface area contributed by atoms with Crippen molar-refractivity contribution in [2.24, 2.45) is 0 Å². The number of nitrogen functional groups attached to an aromatic ring is 1. The van der Waals surface area contributed by atoms with Crippen molar-refractivity contribution < 1.29 is 0 Å². The summed E-state index contributed by atoms with van der Waals surface area (Å²) in [6.07, 6.45) is 14.1. The number of rotatable bonds is 8. The van der Waals surface area contributed by atoms with Gasteiger partial charge in [-0.05, 0) is 31.8 Å². The van der Waals surface area contributed by atoms with Crippen LogP contribution in [0.2, 0.25) is 0 Å². The molecule has 0 amide bonds. The third-order valence-corrected chi connectivity index (χ3v) is 4.12. The molecule has 1 aromatic rings. The minimum absolute atomic E-state index is 0.224. The fraction of sp³-hybridized carbons (Fsp3) is 0.556. The van der Waals surface area contributed by atoms with Crippen LogP contribution in [0.3, 0.4) is 0 Å². The van der Waals surface area contributed by atoms with Gasteiger partial charge < -0.3 is 10.6 Å². The van der Waals surface area contributed by atoms with Gasteiger partial charge in [0.15, 0.2) is 0 Å². The number of hydrogen-bond acceptors (Lipinski definition) is 4. The Balaban J connectivity index is 2.31. The summed E-state index contributed by atoms with van der Waals surface area (Å²) >= 11 is 0. The average Bonchev–Trinajstić information content (AvgIpc) is 2.59. The van der Waals surface area contributed by atoms with Gasteiger partial charge in [0.25, 0.3) is 5.56 Å². The van der Waals surface area contributed by atoms with Crippen molar-refractivity contribution in [1.82, 2.24) is 9.78 Å². The second-order valence-electron chi connectivity index (χ2n) is 5.96. The van der Waals surface area contributed by atoms with Gasteiger partial charge in [0.2, 0.25) is 0 Å². The van der Waals surface area contributed by atoms with Crippen LogP contribution in [0.15, 0.2) is 29.2 Å². The van der Waals surface area contributed by atoms with E-state index in [2.05, 4.69) is 29.9 Å². The maximum absolute atomic E-state index is 12.6. The number of aromatic nitrogens is 2. The molecule has 5 nitrogen and oxygen atoms in total. The minimum atomic E-state index is -0.224. The van der Waals surface area contributed by atoms with E-state index < -0.39 is 0 Å². The van der Waals surface area contributed by atoms with Gasteiger partial charge in [0.1, 0.15) is 5.69 Å². The lowest BCUT2D eigenvalue weighted by atomic mass is 10.1. The highest BCUT2D eigenvalue weighted by atomic mass is 16.1. The summed E-state index contributed by atoms with van der Waals surface area (Å²) in [6.45, 7) is 6.15. The second-order valence-corrected chi connectivity index (χ2v) is 5.96. The Morgan fingerprint density at radius 3 is 2.48 bits per heavy atom. The molecule has 1 aromatic heterocycles. The fourth-order valence-corrected chi connectivity index (χ4v) is 2.70. The first-order chi connectivity index (χ1) is 11.2. The zero-order valence-corrected chi connectivity index (χ0v) is 14.3. The molecule has 0 spiro atoms. The fourth-order valence-electron chi connectivity index (χ4n) is 2.70. The Hall–Kier alpha value is -2.04. The zero-order valence-electron chi connectivity index (χ0n) is 14.3. The van der Waals surface area contributed by atoms with Crippen molar-refractivity contribution in [3.63, 3.8) is 0 Å².